The smallest absolute Gasteiger partial charge is 0.287 e. The van der Waals surface area contributed by atoms with Crippen LogP contribution in [0.15, 0.2) is 58.7 Å². The number of carbonyl (C=O) groups is 1. The summed E-state index contributed by atoms with van der Waals surface area (Å²) in [6, 6.07) is 10.7. The highest BCUT2D eigenvalue weighted by Gasteiger charge is 2.07. The Kier molecular flexibility index (Phi) is 3.34. The predicted molar refractivity (Wildman–Crippen MR) is 80.4 cm³/mol. The number of hydrazone groups is 1. The van der Waals surface area contributed by atoms with E-state index in [4.69, 9.17) is 0 Å². The summed E-state index contributed by atoms with van der Waals surface area (Å²) in [4.78, 5) is 29.2. The van der Waals surface area contributed by atoms with Crippen molar-refractivity contribution in [2.45, 2.75) is 0 Å². The first-order valence-corrected chi connectivity index (χ1v) is 6.32. The number of carbonyl (C=O) groups excluding carboxylic acids is 1. The Morgan fingerprint density at radius 3 is 2.90 bits per heavy atom. The maximum Gasteiger partial charge on any atom is 0.287 e. The van der Waals surface area contributed by atoms with Gasteiger partial charge in [-0.1, -0.05) is 18.2 Å². The van der Waals surface area contributed by atoms with Gasteiger partial charge in [-0.25, -0.2) is 5.43 Å². The second-order valence-corrected chi connectivity index (χ2v) is 4.43. The molecule has 0 radical (unpaired) electrons. The molecule has 6 nitrogen and oxygen atoms in total. The summed E-state index contributed by atoms with van der Waals surface area (Å²) in [5.74, 6) is -0.366. The van der Waals surface area contributed by atoms with Crippen LogP contribution in [-0.4, -0.2) is 22.1 Å². The number of H-pyrrole nitrogens is 2. The van der Waals surface area contributed by atoms with Crippen molar-refractivity contribution in [1.82, 2.24) is 15.4 Å². The number of rotatable bonds is 3. The van der Waals surface area contributed by atoms with Gasteiger partial charge in [0, 0.05) is 29.4 Å². The van der Waals surface area contributed by atoms with Crippen LogP contribution >= 0.6 is 0 Å². The molecule has 1 amide bonds. The van der Waals surface area contributed by atoms with E-state index in [0.717, 1.165) is 10.9 Å². The minimum atomic E-state index is -0.366. The van der Waals surface area contributed by atoms with Crippen molar-refractivity contribution >= 4 is 23.0 Å². The van der Waals surface area contributed by atoms with E-state index < -0.39 is 0 Å². The first-order valence-electron chi connectivity index (χ1n) is 6.32. The van der Waals surface area contributed by atoms with Gasteiger partial charge in [0.05, 0.1) is 11.8 Å². The number of nitrogens with one attached hydrogen (secondary N) is 3. The molecule has 1 aromatic carbocycles. The maximum absolute atomic E-state index is 11.9. The Hall–Kier alpha value is -3.15. The van der Waals surface area contributed by atoms with Gasteiger partial charge in [0.15, 0.2) is 5.43 Å². The van der Waals surface area contributed by atoms with Gasteiger partial charge < -0.3 is 9.97 Å². The molecule has 0 saturated carbocycles. The Morgan fingerprint density at radius 2 is 2.10 bits per heavy atom. The summed E-state index contributed by atoms with van der Waals surface area (Å²) in [6.07, 6.45) is 4.35. The highest BCUT2D eigenvalue weighted by molar-refractivity contribution is 5.98. The monoisotopic (exact) mass is 280 g/mol. The summed E-state index contributed by atoms with van der Waals surface area (Å²) in [5.41, 5.74) is 3.88. The first kappa shape index (κ1) is 12.9. The fraction of sp³-hybridized carbons (Fsp3) is 0. The van der Waals surface area contributed by atoms with Gasteiger partial charge in [0.25, 0.3) is 5.91 Å². The van der Waals surface area contributed by atoms with E-state index in [-0.39, 0.29) is 11.3 Å². The third-order valence-corrected chi connectivity index (χ3v) is 3.00. The summed E-state index contributed by atoms with van der Waals surface area (Å²) < 4.78 is 0. The van der Waals surface area contributed by atoms with E-state index in [1.165, 1.54) is 24.7 Å². The fourth-order valence-corrected chi connectivity index (χ4v) is 1.95. The molecule has 0 saturated heterocycles. The highest BCUT2D eigenvalue weighted by Crippen LogP contribution is 2.14. The molecule has 21 heavy (non-hydrogen) atoms. The van der Waals surface area contributed by atoms with Crippen molar-refractivity contribution in [1.29, 1.82) is 0 Å². The van der Waals surface area contributed by atoms with E-state index in [2.05, 4.69) is 20.5 Å². The second-order valence-electron chi connectivity index (χ2n) is 4.43. The third kappa shape index (κ3) is 2.74. The first-order chi connectivity index (χ1) is 10.2. The van der Waals surface area contributed by atoms with E-state index in [1.54, 1.807) is 6.07 Å². The van der Waals surface area contributed by atoms with Crippen LogP contribution in [0.1, 0.15) is 16.1 Å². The van der Waals surface area contributed by atoms with Gasteiger partial charge in [-0.3, -0.25) is 9.59 Å². The van der Waals surface area contributed by atoms with Gasteiger partial charge in [0.1, 0.15) is 5.69 Å². The van der Waals surface area contributed by atoms with Gasteiger partial charge in [-0.2, -0.15) is 5.10 Å². The number of para-hydroxylation sites is 1. The minimum absolute atomic E-state index is 0.169. The van der Waals surface area contributed by atoms with Crippen molar-refractivity contribution in [2.75, 3.05) is 0 Å². The van der Waals surface area contributed by atoms with E-state index >= 15 is 0 Å². The molecule has 0 spiro atoms. The SMILES string of the molecule is O=C(N/N=C/c1c[nH]ccc1=O)c1cc2ccccc2[nH]1. The lowest BCUT2D eigenvalue weighted by molar-refractivity contribution is 0.0951. The van der Waals surface area contributed by atoms with Crippen molar-refractivity contribution in [3.63, 3.8) is 0 Å². The van der Waals surface area contributed by atoms with Crippen molar-refractivity contribution in [2.24, 2.45) is 5.10 Å². The molecule has 0 unspecified atom stereocenters. The average Bonchev–Trinajstić information content (AvgIpc) is 2.93. The number of pyridine rings is 1. The molecule has 2 aromatic heterocycles. The standard InChI is InChI=1S/C15H12N4O2/c20-14-5-6-16-8-11(14)9-17-19-15(21)13-7-10-3-1-2-4-12(10)18-13/h1-9,18H,(H,16,20)(H,19,21)/b17-9+. The number of fused-ring (bicyclic) bond motifs is 1. The molecule has 3 N–H and O–H groups in total. The molecule has 3 aromatic rings. The normalized spacial score (nSPS) is 11.0. The zero-order valence-corrected chi connectivity index (χ0v) is 11.0. The molecule has 6 heteroatoms. The van der Waals surface area contributed by atoms with Crippen LogP contribution in [0, 0.1) is 0 Å². The zero-order chi connectivity index (χ0) is 14.7. The Labute approximate surface area is 119 Å². The molecule has 0 fully saturated rings. The number of hydrogen-bond donors (Lipinski definition) is 3. The van der Waals surface area contributed by atoms with Gasteiger partial charge in [0.2, 0.25) is 0 Å². The topological polar surface area (TPSA) is 90.1 Å². The molecule has 0 aliphatic heterocycles. The lowest BCUT2D eigenvalue weighted by atomic mass is 10.2. The number of benzene rings is 1. The van der Waals surface area contributed by atoms with Crippen LogP contribution in [0.2, 0.25) is 0 Å². The second kappa shape index (κ2) is 5.46. The maximum atomic E-state index is 11.9. The van der Waals surface area contributed by atoms with Crippen molar-refractivity contribution < 1.29 is 4.79 Å². The number of aromatic nitrogens is 2. The molecule has 104 valence electrons. The predicted octanol–water partition coefficient (Wildman–Crippen LogP) is 1.62. The van der Waals surface area contributed by atoms with Crippen LogP contribution in [0.4, 0.5) is 0 Å². The van der Waals surface area contributed by atoms with Crippen LogP contribution in [0.5, 0.6) is 0 Å². The number of nitrogens with zero attached hydrogens (tertiary/aromatic N) is 1. The molecule has 0 atom stereocenters. The van der Waals surface area contributed by atoms with E-state index in [0.29, 0.717) is 11.3 Å². The summed E-state index contributed by atoms with van der Waals surface area (Å²) in [7, 11) is 0. The third-order valence-electron chi connectivity index (χ3n) is 3.00. The summed E-state index contributed by atoms with van der Waals surface area (Å²) >= 11 is 0. The molecule has 0 aliphatic carbocycles. The number of amides is 1. The van der Waals surface area contributed by atoms with Crippen LogP contribution < -0.4 is 10.9 Å². The highest BCUT2D eigenvalue weighted by atomic mass is 16.2. The van der Waals surface area contributed by atoms with E-state index in [1.807, 2.05) is 24.3 Å². The lowest BCUT2D eigenvalue weighted by Gasteiger charge is -1.95. The summed E-state index contributed by atoms with van der Waals surface area (Å²) in [5, 5.41) is 4.73. The van der Waals surface area contributed by atoms with Crippen LogP contribution in [0.3, 0.4) is 0 Å². The van der Waals surface area contributed by atoms with Gasteiger partial charge in [-0.05, 0) is 12.1 Å². The quantitative estimate of drug-likeness (QED) is 0.502. The Morgan fingerprint density at radius 1 is 1.24 bits per heavy atom. The molecular formula is C15H12N4O2. The molecule has 2 heterocycles. The average molecular weight is 280 g/mol. The Bertz CT molecular complexity index is 843. The molecule has 3 rings (SSSR count). The number of hydrogen-bond acceptors (Lipinski definition) is 3. The molecular weight excluding hydrogens is 268 g/mol. The van der Waals surface area contributed by atoms with E-state index in [9.17, 15) is 9.59 Å². The van der Waals surface area contributed by atoms with Crippen LogP contribution in [0.25, 0.3) is 10.9 Å². The van der Waals surface area contributed by atoms with Crippen LogP contribution in [-0.2, 0) is 0 Å². The lowest BCUT2D eigenvalue weighted by Crippen LogP contribution is -2.18. The fourth-order valence-electron chi connectivity index (χ4n) is 1.95. The van der Waals surface area contributed by atoms with Crippen molar-refractivity contribution in [3.05, 3.63) is 70.3 Å². The van der Waals surface area contributed by atoms with Gasteiger partial charge in [-0.15, -0.1) is 0 Å². The summed E-state index contributed by atoms with van der Waals surface area (Å²) in [6.45, 7) is 0. The largest absolute Gasteiger partial charge is 0.367 e. The van der Waals surface area contributed by atoms with Gasteiger partial charge >= 0.3 is 0 Å². The zero-order valence-electron chi connectivity index (χ0n) is 11.0. The molecule has 0 bridgehead atoms. The molecule has 0 aliphatic rings. The Balaban J connectivity index is 1.74. The number of aromatic amines is 2. The van der Waals surface area contributed by atoms with Crippen molar-refractivity contribution in [3.8, 4) is 0 Å². The minimum Gasteiger partial charge on any atom is -0.367 e.